The molecular weight excluding hydrogens is 208 g/mol. The van der Waals surface area contributed by atoms with Gasteiger partial charge in [0, 0.05) is 0 Å². The molecule has 1 heterocycles. The molecule has 2 aromatic rings. The van der Waals surface area contributed by atoms with Crippen LogP contribution < -0.4 is 4.57 Å². The maximum Gasteiger partial charge on any atom is 0.294 e. The molecule has 0 saturated heterocycles. The van der Waals surface area contributed by atoms with Gasteiger partial charge in [0.1, 0.15) is 12.4 Å². The Morgan fingerprint density at radius 1 is 1.29 bits per heavy atom. The summed E-state index contributed by atoms with van der Waals surface area (Å²) in [6.45, 7) is 10.4. The Kier molecular flexibility index (Phi) is 3.14. The third-order valence-electron chi connectivity index (χ3n) is 3.02. The van der Waals surface area contributed by atoms with Gasteiger partial charge in [0.2, 0.25) is 0 Å². The van der Waals surface area contributed by atoms with Crippen molar-refractivity contribution in [2.24, 2.45) is 0 Å². The van der Waals surface area contributed by atoms with E-state index in [4.69, 9.17) is 0 Å². The molecule has 1 aromatic carbocycles. The van der Waals surface area contributed by atoms with Gasteiger partial charge in [0.05, 0.1) is 17.8 Å². The van der Waals surface area contributed by atoms with Crippen LogP contribution in [0.25, 0.3) is 17.6 Å². The molecule has 17 heavy (non-hydrogen) atoms. The average molecular weight is 227 g/mol. The van der Waals surface area contributed by atoms with Crippen LogP contribution in [0, 0.1) is 6.92 Å². The molecule has 0 atom stereocenters. The van der Waals surface area contributed by atoms with Crippen molar-refractivity contribution in [1.82, 2.24) is 4.57 Å². The van der Waals surface area contributed by atoms with Crippen LogP contribution in [0.4, 0.5) is 0 Å². The van der Waals surface area contributed by atoms with Crippen LogP contribution in [-0.4, -0.2) is 4.57 Å². The Morgan fingerprint density at radius 3 is 2.59 bits per heavy atom. The molecule has 0 aliphatic carbocycles. The fourth-order valence-electron chi connectivity index (χ4n) is 2.08. The minimum Gasteiger partial charge on any atom is -0.227 e. The zero-order chi connectivity index (χ0) is 12.4. The van der Waals surface area contributed by atoms with E-state index in [1.807, 2.05) is 6.20 Å². The van der Waals surface area contributed by atoms with Crippen molar-refractivity contribution in [3.63, 3.8) is 0 Å². The van der Waals surface area contributed by atoms with Crippen LogP contribution in [0.5, 0.6) is 0 Å². The number of nitrogens with zero attached hydrogens (tertiary/aromatic N) is 2. The molecule has 2 nitrogen and oxygen atoms in total. The standard InChI is InChI=1S/C15H19N2/c1-5-16-10-11-17(12(2)3)15(16)14-9-7-6-8-13(14)4/h5-12H,1H2,2-4H3/q+1. The van der Waals surface area contributed by atoms with E-state index in [1.54, 1.807) is 0 Å². The minimum atomic E-state index is 0.436. The lowest BCUT2D eigenvalue weighted by molar-refractivity contribution is -0.704. The van der Waals surface area contributed by atoms with Crippen LogP contribution >= 0.6 is 0 Å². The Bertz CT molecular complexity index is 536. The highest BCUT2D eigenvalue weighted by atomic mass is 15.2. The van der Waals surface area contributed by atoms with Crippen LogP contribution in [0.1, 0.15) is 25.5 Å². The number of imidazole rings is 1. The lowest BCUT2D eigenvalue weighted by Gasteiger charge is -2.07. The lowest BCUT2D eigenvalue weighted by atomic mass is 10.1. The summed E-state index contributed by atoms with van der Waals surface area (Å²) in [6.07, 6.45) is 6.00. The topological polar surface area (TPSA) is 8.81 Å². The molecule has 0 bridgehead atoms. The number of aryl methyl sites for hydroxylation is 1. The summed E-state index contributed by atoms with van der Waals surface area (Å²) in [6, 6.07) is 8.88. The lowest BCUT2D eigenvalue weighted by Crippen LogP contribution is -2.37. The summed E-state index contributed by atoms with van der Waals surface area (Å²) in [4.78, 5) is 0. The van der Waals surface area contributed by atoms with Crippen LogP contribution in [0.2, 0.25) is 0 Å². The molecule has 0 aliphatic rings. The van der Waals surface area contributed by atoms with Crippen molar-refractivity contribution in [2.45, 2.75) is 26.8 Å². The van der Waals surface area contributed by atoms with E-state index in [0.29, 0.717) is 6.04 Å². The molecular formula is C15H19N2+. The molecule has 0 unspecified atom stereocenters. The molecule has 0 aliphatic heterocycles. The van der Waals surface area contributed by atoms with Gasteiger partial charge < -0.3 is 0 Å². The Hall–Kier alpha value is -1.83. The van der Waals surface area contributed by atoms with Gasteiger partial charge in [-0.1, -0.05) is 24.8 Å². The van der Waals surface area contributed by atoms with Gasteiger partial charge in [-0.3, -0.25) is 0 Å². The molecule has 0 radical (unpaired) electrons. The molecule has 2 heteroatoms. The average Bonchev–Trinajstić information content (AvgIpc) is 2.73. The molecule has 0 saturated carbocycles. The third kappa shape index (κ3) is 2.03. The predicted octanol–water partition coefficient (Wildman–Crippen LogP) is 3.43. The number of benzene rings is 1. The first-order chi connectivity index (χ1) is 8.15. The van der Waals surface area contributed by atoms with E-state index in [2.05, 4.69) is 73.1 Å². The normalized spacial score (nSPS) is 10.8. The molecule has 0 N–H and O–H groups in total. The summed E-state index contributed by atoms with van der Waals surface area (Å²) >= 11 is 0. The second kappa shape index (κ2) is 4.58. The smallest absolute Gasteiger partial charge is 0.227 e. The molecule has 2 rings (SSSR count). The highest BCUT2D eigenvalue weighted by Crippen LogP contribution is 2.21. The van der Waals surface area contributed by atoms with Crippen molar-refractivity contribution in [2.75, 3.05) is 0 Å². The molecule has 1 aromatic heterocycles. The maximum absolute atomic E-state index is 3.87. The van der Waals surface area contributed by atoms with Gasteiger partial charge in [-0.15, -0.1) is 0 Å². The van der Waals surface area contributed by atoms with Crippen molar-refractivity contribution in [3.8, 4) is 11.4 Å². The zero-order valence-electron chi connectivity index (χ0n) is 10.7. The minimum absolute atomic E-state index is 0.436. The Labute approximate surface area is 103 Å². The van der Waals surface area contributed by atoms with Gasteiger partial charge in [0.25, 0.3) is 5.82 Å². The van der Waals surface area contributed by atoms with Gasteiger partial charge in [-0.05, 0) is 32.4 Å². The summed E-state index contributed by atoms with van der Waals surface area (Å²) in [5.74, 6) is 1.19. The fraction of sp³-hybridized carbons (Fsp3) is 0.267. The monoisotopic (exact) mass is 227 g/mol. The number of rotatable bonds is 3. The number of hydrogen-bond acceptors (Lipinski definition) is 0. The van der Waals surface area contributed by atoms with Gasteiger partial charge >= 0.3 is 0 Å². The summed E-state index contributed by atoms with van der Waals surface area (Å²) < 4.78 is 4.34. The van der Waals surface area contributed by atoms with E-state index in [9.17, 15) is 0 Å². The highest BCUT2D eigenvalue weighted by molar-refractivity contribution is 5.59. The fourth-order valence-corrected chi connectivity index (χ4v) is 2.08. The second-order valence-electron chi connectivity index (χ2n) is 4.53. The van der Waals surface area contributed by atoms with Crippen LogP contribution in [0.3, 0.4) is 0 Å². The highest BCUT2D eigenvalue weighted by Gasteiger charge is 2.21. The third-order valence-corrected chi connectivity index (χ3v) is 3.02. The Balaban J connectivity index is 2.69. The van der Waals surface area contributed by atoms with Gasteiger partial charge in [-0.2, -0.15) is 0 Å². The Morgan fingerprint density at radius 2 is 2.00 bits per heavy atom. The van der Waals surface area contributed by atoms with E-state index >= 15 is 0 Å². The number of aromatic nitrogens is 2. The quantitative estimate of drug-likeness (QED) is 0.710. The zero-order valence-corrected chi connectivity index (χ0v) is 10.7. The SMILES string of the molecule is C=Cn1cc[n+](C(C)C)c1-c1ccccc1C. The summed E-state index contributed by atoms with van der Waals surface area (Å²) in [5.41, 5.74) is 2.54. The summed E-state index contributed by atoms with van der Waals surface area (Å²) in [5, 5.41) is 0. The molecule has 0 fully saturated rings. The first kappa shape index (κ1) is 11.6. The van der Waals surface area contributed by atoms with E-state index < -0.39 is 0 Å². The van der Waals surface area contributed by atoms with Crippen molar-refractivity contribution < 1.29 is 4.57 Å². The molecule has 88 valence electrons. The first-order valence-electron chi connectivity index (χ1n) is 5.95. The van der Waals surface area contributed by atoms with Crippen molar-refractivity contribution >= 4 is 6.20 Å². The van der Waals surface area contributed by atoms with Gasteiger partial charge in [-0.25, -0.2) is 9.13 Å². The van der Waals surface area contributed by atoms with Crippen LogP contribution in [-0.2, 0) is 0 Å². The first-order valence-corrected chi connectivity index (χ1v) is 5.95. The van der Waals surface area contributed by atoms with E-state index in [-0.39, 0.29) is 0 Å². The number of hydrogen-bond donors (Lipinski definition) is 0. The van der Waals surface area contributed by atoms with Gasteiger partial charge in [0.15, 0.2) is 0 Å². The largest absolute Gasteiger partial charge is 0.294 e. The van der Waals surface area contributed by atoms with E-state index in [1.165, 1.54) is 17.0 Å². The molecule has 0 spiro atoms. The van der Waals surface area contributed by atoms with E-state index in [0.717, 1.165) is 0 Å². The van der Waals surface area contributed by atoms with Crippen LogP contribution in [0.15, 0.2) is 43.2 Å². The molecule has 0 amide bonds. The maximum atomic E-state index is 3.87. The van der Waals surface area contributed by atoms with Crippen molar-refractivity contribution in [3.05, 3.63) is 48.8 Å². The van der Waals surface area contributed by atoms with Crippen molar-refractivity contribution in [1.29, 1.82) is 0 Å². The second-order valence-corrected chi connectivity index (χ2v) is 4.53. The predicted molar refractivity (Wildman–Crippen MR) is 71.6 cm³/mol. The summed E-state index contributed by atoms with van der Waals surface area (Å²) in [7, 11) is 0.